The van der Waals surface area contributed by atoms with Crippen LogP contribution in [0.15, 0.2) is 24.3 Å². The van der Waals surface area contributed by atoms with Gasteiger partial charge in [0.05, 0.1) is 5.92 Å². The number of benzene rings is 1. The van der Waals surface area contributed by atoms with Crippen molar-refractivity contribution >= 4 is 17.6 Å². The summed E-state index contributed by atoms with van der Waals surface area (Å²) in [6.07, 6.45) is -0.953. The molecule has 0 unspecified atom stereocenters. The minimum atomic E-state index is -1.35. The number of rotatable bonds is 1. The van der Waals surface area contributed by atoms with Gasteiger partial charge in [0.1, 0.15) is 12.0 Å². The van der Waals surface area contributed by atoms with Crippen LogP contribution >= 0.6 is 0 Å². The summed E-state index contributed by atoms with van der Waals surface area (Å²) in [5, 5.41) is 0. The molecule has 4 atom stereocenters. The number of imide groups is 1. The summed E-state index contributed by atoms with van der Waals surface area (Å²) in [7, 11) is 2.86. The minimum Gasteiger partial charge on any atom is -0.349 e. The summed E-state index contributed by atoms with van der Waals surface area (Å²) in [4.78, 5) is 38.4. The second kappa shape index (κ2) is 3.78. The van der Waals surface area contributed by atoms with Crippen LogP contribution in [-0.2, 0) is 24.8 Å². The lowest BCUT2D eigenvalue weighted by atomic mass is 9.86. The molecule has 0 aromatic heterocycles. The summed E-state index contributed by atoms with van der Waals surface area (Å²) in [6.45, 7) is 0. The molecule has 0 spiro atoms. The Morgan fingerprint density at radius 2 is 1.90 bits per heavy atom. The molecule has 0 aliphatic carbocycles. The lowest BCUT2D eigenvalue weighted by Gasteiger charge is -2.36. The molecule has 2 amide bonds. The van der Waals surface area contributed by atoms with Gasteiger partial charge in [0, 0.05) is 25.3 Å². The van der Waals surface area contributed by atoms with Crippen molar-refractivity contribution in [2.45, 2.75) is 11.9 Å². The summed E-state index contributed by atoms with van der Waals surface area (Å²) in [5.41, 5.74) is 0.992. The highest BCUT2D eigenvalue weighted by Crippen LogP contribution is 2.56. The van der Waals surface area contributed by atoms with E-state index in [-0.39, 0.29) is 17.6 Å². The van der Waals surface area contributed by atoms with Gasteiger partial charge in [-0.25, -0.2) is 0 Å². The highest BCUT2D eigenvalue weighted by molar-refractivity contribution is 6.13. The predicted molar refractivity (Wildman–Crippen MR) is 69.1 cm³/mol. The number of likely N-dealkylation sites (tertiary alicyclic amines) is 1. The molecule has 0 radical (unpaired) electrons. The van der Waals surface area contributed by atoms with E-state index < -0.39 is 23.7 Å². The lowest BCUT2D eigenvalue weighted by molar-refractivity contribution is -0.237. The molecule has 3 heterocycles. The monoisotopic (exact) mass is 287 g/mol. The first-order valence-corrected chi connectivity index (χ1v) is 6.71. The summed E-state index contributed by atoms with van der Waals surface area (Å²) >= 11 is 0. The quantitative estimate of drug-likeness (QED) is 0.695. The lowest BCUT2D eigenvalue weighted by Crippen LogP contribution is -2.45. The zero-order chi connectivity index (χ0) is 14.9. The van der Waals surface area contributed by atoms with Crippen molar-refractivity contribution in [1.29, 1.82) is 0 Å². The molecule has 1 aromatic rings. The van der Waals surface area contributed by atoms with Crippen LogP contribution in [0.1, 0.15) is 15.9 Å². The number of fused-ring (bicyclic) bond motifs is 7. The summed E-state index contributed by atoms with van der Waals surface area (Å²) < 4.78 is 11.3. The minimum absolute atomic E-state index is 0.262. The smallest absolute Gasteiger partial charge is 0.238 e. The zero-order valence-corrected chi connectivity index (χ0v) is 11.5. The Morgan fingerprint density at radius 1 is 1.19 bits per heavy atom. The number of carbonyl (C=O) groups excluding carboxylic acids is 3. The predicted octanol–water partition coefficient (Wildman–Crippen LogP) is 0.312. The third-order valence-corrected chi connectivity index (χ3v) is 4.74. The Kier molecular flexibility index (Phi) is 2.28. The Balaban J connectivity index is 2.01. The number of ether oxygens (including phenoxy) is 2. The van der Waals surface area contributed by atoms with Gasteiger partial charge in [0.2, 0.25) is 17.6 Å². The van der Waals surface area contributed by atoms with Gasteiger partial charge in [-0.2, -0.15) is 0 Å². The fourth-order valence-electron chi connectivity index (χ4n) is 3.76. The van der Waals surface area contributed by atoms with E-state index in [1.807, 2.05) is 0 Å². The molecule has 6 nitrogen and oxygen atoms in total. The first-order chi connectivity index (χ1) is 10.0. The van der Waals surface area contributed by atoms with Crippen LogP contribution in [0.3, 0.4) is 0 Å². The van der Waals surface area contributed by atoms with E-state index in [4.69, 9.17) is 9.47 Å². The third kappa shape index (κ3) is 1.23. The largest absolute Gasteiger partial charge is 0.349 e. The summed E-state index contributed by atoms with van der Waals surface area (Å²) in [5.74, 6) is -3.96. The average molecular weight is 287 g/mol. The maximum Gasteiger partial charge on any atom is 0.238 e. The van der Waals surface area contributed by atoms with Gasteiger partial charge in [-0.1, -0.05) is 24.3 Å². The second-order valence-corrected chi connectivity index (χ2v) is 5.56. The number of methoxy groups -OCH3 is 1. The maximum atomic E-state index is 12.6. The van der Waals surface area contributed by atoms with Crippen LogP contribution in [0.25, 0.3) is 0 Å². The van der Waals surface area contributed by atoms with Gasteiger partial charge in [0.15, 0.2) is 5.78 Å². The standard InChI is InChI=1S/C15H13NO5/c1-16-13(18)9-10(14(16)19)15(20-2)8-6-4-3-5-7(8)11(17)12(9)21-15/h3-6,9-10,12H,1-2H3/t9-,10-,12+,15+/m0/s1. The molecule has 3 aliphatic heterocycles. The van der Waals surface area contributed by atoms with Crippen LogP contribution in [0.4, 0.5) is 0 Å². The number of nitrogens with zero attached hydrogens (tertiary/aromatic N) is 1. The maximum absolute atomic E-state index is 12.6. The van der Waals surface area contributed by atoms with Crippen LogP contribution in [0.2, 0.25) is 0 Å². The van der Waals surface area contributed by atoms with Crippen molar-refractivity contribution in [3.05, 3.63) is 35.4 Å². The van der Waals surface area contributed by atoms with E-state index in [1.165, 1.54) is 14.2 Å². The van der Waals surface area contributed by atoms with Gasteiger partial charge < -0.3 is 9.47 Å². The van der Waals surface area contributed by atoms with Gasteiger partial charge in [-0.05, 0) is 0 Å². The molecule has 2 bridgehead atoms. The molecule has 3 aliphatic rings. The Morgan fingerprint density at radius 3 is 2.62 bits per heavy atom. The molecular weight excluding hydrogens is 274 g/mol. The van der Waals surface area contributed by atoms with Gasteiger partial charge in [-0.15, -0.1) is 0 Å². The van der Waals surface area contributed by atoms with Crippen molar-refractivity contribution < 1.29 is 23.9 Å². The van der Waals surface area contributed by atoms with E-state index in [0.29, 0.717) is 11.1 Å². The number of carbonyl (C=O) groups is 3. The van der Waals surface area contributed by atoms with Crippen LogP contribution in [0, 0.1) is 11.8 Å². The van der Waals surface area contributed by atoms with Gasteiger partial charge in [-0.3, -0.25) is 19.3 Å². The summed E-state index contributed by atoms with van der Waals surface area (Å²) in [6, 6.07) is 6.90. The molecule has 2 saturated heterocycles. The van der Waals surface area contributed by atoms with Crippen molar-refractivity contribution in [3.63, 3.8) is 0 Å². The van der Waals surface area contributed by atoms with Crippen molar-refractivity contribution in [1.82, 2.24) is 4.90 Å². The molecular formula is C15H13NO5. The Labute approximate surface area is 120 Å². The number of amides is 2. The SMILES string of the molecule is CO[C@@]12O[C@@H](C(=O)c3ccccc31)[C@H]1C(=O)N(C)C(=O)[C@H]12. The number of hydrogen-bond acceptors (Lipinski definition) is 5. The molecule has 108 valence electrons. The molecule has 0 saturated carbocycles. The normalized spacial score (nSPS) is 37.0. The highest BCUT2D eigenvalue weighted by Gasteiger charge is 2.71. The Bertz CT molecular complexity index is 699. The van der Waals surface area contributed by atoms with E-state index in [9.17, 15) is 14.4 Å². The van der Waals surface area contributed by atoms with Crippen molar-refractivity contribution in [2.75, 3.05) is 14.2 Å². The zero-order valence-electron chi connectivity index (χ0n) is 11.5. The second-order valence-electron chi connectivity index (χ2n) is 5.56. The molecule has 6 heteroatoms. The van der Waals surface area contributed by atoms with Crippen LogP contribution < -0.4 is 0 Å². The topological polar surface area (TPSA) is 72.9 Å². The van der Waals surface area contributed by atoms with Crippen molar-refractivity contribution in [3.8, 4) is 0 Å². The first-order valence-electron chi connectivity index (χ1n) is 6.71. The number of ketones is 1. The Hall–Kier alpha value is -2.05. The van der Waals surface area contributed by atoms with Crippen LogP contribution in [-0.4, -0.2) is 42.8 Å². The fraction of sp³-hybridized carbons (Fsp3) is 0.400. The van der Waals surface area contributed by atoms with Gasteiger partial charge in [0.25, 0.3) is 0 Å². The first kappa shape index (κ1) is 12.7. The molecule has 1 aromatic carbocycles. The van der Waals surface area contributed by atoms with E-state index in [0.717, 1.165) is 4.90 Å². The van der Waals surface area contributed by atoms with E-state index >= 15 is 0 Å². The van der Waals surface area contributed by atoms with E-state index in [2.05, 4.69) is 0 Å². The van der Waals surface area contributed by atoms with Crippen LogP contribution in [0.5, 0.6) is 0 Å². The van der Waals surface area contributed by atoms with E-state index in [1.54, 1.807) is 24.3 Å². The highest BCUT2D eigenvalue weighted by atomic mass is 16.7. The van der Waals surface area contributed by atoms with Crippen molar-refractivity contribution in [2.24, 2.45) is 11.8 Å². The molecule has 4 rings (SSSR count). The van der Waals surface area contributed by atoms with Gasteiger partial charge >= 0.3 is 0 Å². The third-order valence-electron chi connectivity index (χ3n) is 4.74. The average Bonchev–Trinajstić information content (AvgIpc) is 2.94. The molecule has 0 N–H and O–H groups in total. The number of hydrogen-bond donors (Lipinski definition) is 0. The fourth-order valence-corrected chi connectivity index (χ4v) is 3.76. The number of Topliss-reactive ketones (excluding diaryl/α,β-unsaturated/α-hetero) is 1. The molecule has 21 heavy (non-hydrogen) atoms. The molecule has 2 fully saturated rings.